The molecule has 16 heavy (non-hydrogen) atoms. The zero-order valence-electron chi connectivity index (χ0n) is 8.27. The van der Waals surface area contributed by atoms with Crippen LogP contribution in [0.4, 0.5) is 5.82 Å². The number of ether oxygens (including phenoxy) is 2. The van der Waals surface area contributed by atoms with E-state index in [0.717, 1.165) is 22.1 Å². The lowest BCUT2D eigenvalue weighted by Gasteiger charge is -1.99. The molecule has 1 aromatic heterocycles. The molecule has 1 aromatic carbocycles. The summed E-state index contributed by atoms with van der Waals surface area (Å²) in [4.78, 5) is 4.31. The number of thiazole rings is 1. The Morgan fingerprint density at radius 3 is 3.00 bits per heavy atom. The lowest BCUT2D eigenvalue weighted by molar-refractivity contribution is 0.174. The summed E-state index contributed by atoms with van der Waals surface area (Å²) in [6, 6.07) is 5.75. The van der Waals surface area contributed by atoms with Gasteiger partial charge in [0.25, 0.3) is 0 Å². The Morgan fingerprint density at radius 2 is 2.19 bits per heavy atom. The largest absolute Gasteiger partial charge is 0.454 e. The molecule has 0 saturated carbocycles. The number of nitrogens with two attached hydrogens (primary N) is 1. The van der Waals surface area contributed by atoms with Gasteiger partial charge in [0.15, 0.2) is 17.3 Å². The first-order valence-corrected chi connectivity index (χ1v) is 5.57. The minimum absolute atomic E-state index is 0.284. The van der Waals surface area contributed by atoms with E-state index in [9.17, 15) is 0 Å². The van der Waals surface area contributed by atoms with Crippen molar-refractivity contribution in [1.82, 2.24) is 4.98 Å². The number of fused-ring (bicyclic) bond motifs is 1. The molecule has 0 atom stereocenters. The topological polar surface area (TPSA) is 69.4 Å². The molecule has 0 amide bonds. The molecule has 0 bridgehead atoms. The molecule has 0 unspecified atom stereocenters. The van der Waals surface area contributed by atoms with Crippen molar-refractivity contribution in [2.75, 3.05) is 12.2 Å². The summed E-state index contributed by atoms with van der Waals surface area (Å²) in [5.74, 6) is 7.48. The van der Waals surface area contributed by atoms with E-state index in [1.165, 1.54) is 11.3 Å². The standard InChI is InChI=1S/C10H9N3O2S/c11-13-9-4-16-10(12-9)6-1-2-7-8(3-6)15-5-14-7/h1-4,13H,5,11H2. The number of benzene rings is 1. The number of hydrazine groups is 1. The van der Waals surface area contributed by atoms with Crippen molar-refractivity contribution in [3.8, 4) is 22.1 Å². The molecule has 82 valence electrons. The van der Waals surface area contributed by atoms with Crippen molar-refractivity contribution in [2.45, 2.75) is 0 Å². The van der Waals surface area contributed by atoms with E-state index in [1.54, 1.807) is 0 Å². The molecular formula is C10H9N3O2S. The predicted octanol–water partition coefficient (Wildman–Crippen LogP) is 1.82. The molecule has 2 aromatic rings. The monoisotopic (exact) mass is 235 g/mol. The first-order chi connectivity index (χ1) is 7.86. The van der Waals surface area contributed by atoms with Crippen molar-refractivity contribution in [1.29, 1.82) is 0 Å². The molecule has 1 aliphatic heterocycles. The fourth-order valence-corrected chi connectivity index (χ4v) is 2.26. The third-order valence-electron chi connectivity index (χ3n) is 2.27. The van der Waals surface area contributed by atoms with Crippen LogP contribution in [0.25, 0.3) is 10.6 Å². The molecule has 0 fully saturated rings. The molecule has 1 aliphatic rings. The molecule has 3 rings (SSSR count). The Balaban J connectivity index is 2.00. The van der Waals surface area contributed by atoms with Crippen LogP contribution in [0.3, 0.4) is 0 Å². The van der Waals surface area contributed by atoms with Crippen molar-refractivity contribution in [2.24, 2.45) is 5.84 Å². The first kappa shape index (κ1) is 9.44. The van der Waals surface area contributed by atoms with E-state index in [2.05, 4.69) is 10.4 Å². The number of hydrogen-bond acceptors (Lipinski definition) is 6. The molecule has 6 heteroatoms. The van der Waals surface area contributed by atoms with Crippen LogP contribution < -0.4 is 20.7 Å². The smallest absolute Gasteiger partial charge is 0.231 e. The molecule has 0 spiro atoms. The second-order valence-electron chi connectivity index (χ2n) is 3.25. The summed E-state index contributed by atoms with van der Waals surface area (Å²) in [5, 5.41) is 2.76. The normalized spacial score (nSPS) is 12.8. The summed E-state index contributed by atoms with van der Waals surface area (Å²) >= 11 is 1.52. The number of nitrogens with one attached hydrogen (secondary N) is 1. The van der Waals surface area contributed by atoms with E-state index in [-0.39, 0.29) is 6.79 Å². The summed E-state index contributed by atoms with van der Waals surface area (Å²) < 4.78 is 10.6. The number of aromatic nitrogens is 1. The van der Waals surface area contributed by atoms with Gasteiger partial charge in [0, 0.05) is 10.9 Å². The number of nitrogens with zero attached hydrogens (tertiary/aromatic N) is 1. The minimum atomic E-state index is 0.284. The first-order valence-electron chi connectivity index (χ1n) is 4.69. The second kappa shape index (κ2) is 3.66. The fourth-order valence-electron chi connectivity index (χ4n) is 1.50. The van der Waals surface area contributed by atoms with Crippen LogP contribution in [0.2, 0.25) is 0 Å². The molecule has 3 N–H and O–H groups in total. The average molecular weight is 235 g/mol. The lowest BCUT2D eigenvalue weighted by atomic mass is 10.2. The quantitative estimate of drug-likeness (QED) is 0.614. The van der Waals surface area contributed by atoms with E-state index in [4.69, 9.17) is 15.3 Å². The van der Waals surface area contributed by atoms with Crippen LogP contribution in [-0.4, -0.2) is 11.8 Å². The third-order valence-corrected chi connectivity index (χ3v) is 3.16. The van der Waals surface area contributed by atoms with Gasteiger partial charge in [0.2, 0.25) is 6.79 Å². The van der Waals surface area contributed by atoms with Gasteiger partial charge >= 0.3 is 0 Å². The van der Waals surface area contributed by atoms with Crippen LogP contribution in [-0.2, 0) is 0 Å². The predicted molar refractivity (Wildman–Crippen MR) is 61.5 cm³/mol. The van der Waals surface area contributed by atoms with Crippen LogP contribution in [0.1, 0.15) is 0 Å². The highest BCUT2D eigenvalue weighted by Crippen LogP contribution is 2.36. The fraction of sp³-hybridized carbons (Fsp3) is 0.100. The average Bonchev–Trinajstić information content (AvgIpc) is 2.96. The van der Waals surface area contributed by atoms with Gasteiger partial charge in [-0.3, -0.25) is 0 Å². The van der Waals surface area contributed by atoms with Crippen molar-refractivity contribution < 1.29 is 9.47 Å². The highest BCUT2D eigenvalue weighted by molar-refractivity contribution is 7.13. The molecule has 0 radical (unpaired) electrons. The van der Waals surface area contributed by atoms with Crippen LogP contribution in [0.15, 0.2) is 23.6 Å². The highest BCUT2D eigenvalue weighted by Gasteiger charge is 2.14. The van der Waals surface area contributed by atoms with Gasteiger partial charge in [-0.1, -0.05) is 0 Å². The Hall–Kier alpha value is -1.79. The Bertz CT molecular complexity index is 527. The number of nitrogen functional groups attached to an aromatic ring is 1. The summed E-state index contributed by atoms with van der Waals surface area (Å²) in [7, 11) is 0. The number of rotatable bonds is 2. The maximum atomic E-state index is 5.31. The number of anilines is 1. The van der Waals surface area contributed by atoms with Gasteiger partial charge in [0.1, 0.15) is 5.01 Å². The van der Waals surface area contributed by atoms with Gasteiger partial charge in [0.05, 0.1) is 0 Å². The van der Waals surface area contributed by atoms with Crippen molar-refractivity contribution in [3.63, 3.8) is 0 Å². The van der Waals surface area contributed by atoms with E-state index >= 15 is 0 Å². The van der Waals surface area contributed by atoms with Gasteiger partial charge < -0.3 is 14.9 Å². The van der Waals surface area contributed by atoms with Crippen LogP contribution >= 0.6 is 11.3 Å². The van der Waals surface area contributed by atoms with Crippen molar-refractivity contribution >= 4 is 17.2 Å². The van der Waals surface area contributed by atoms with Crippen LogP contribution in [0, 0.1) is 0 Å². The maximum Gasteiger partial charge on any atom is 0.231 e. The Morgan fingerprint density at radius 1 is 1.31 bits per heavy atom. The van der Waals surface area contributed by atoms with Gasteiger partial charge in [-0.05, 0) is 18.2 Å². The van der Waals surface area contributed by atoms with E-state index < -0.39 is 0 Å². The second-order valence-corrected chi connectivity index (χ2v) is 4.11. The zero-order valence-corrected chi connectivity index (χ0v) is 9.08. The van der Waals surface area contributed by atoms with Gasteiger partial charge in [-0.2, -0.15) is 0 Å². The summed E-state index contributed by atoms with van der Waals surface area (Å²) in [6.07, 6.45) is 0. The SMILES string of the molecule is NNc1csc(-c2ccc3c(c2)OCO3)n1. The van der Waals surface area contributed by atoms with Crippen LogP contribution in [0.5, 0.6) is 11.5 Å². The molecule has 5 nitrogen and oxygen atoms in total. The molecule has 0 saturated heterocycles. The summed E-state index contributed by atoms with van der Waals surface area (Å²) in [5.41, 5.74) is 3.51. The van der Waals surface area contributed by atoms with E-state index in [1.807, 2.05) is 23.6 Å². The maximum absolute atomic E-state index is 5.31. The van der Waals surface area contributed by atoms with Gasteiger partial charge in [-0.15, -0.1) is 11.3 Å². The molecular weight excluding hydrogens is 226 g/mol. The summed E-state index contributed by atoms with van der Waals surface area (Å²) in [6.45, 7) is 0.284. The van der Waals surface area contributed by atoms with Crippen molar-refractivity contribution in [3.05, 3.63) is 23.6 Å². The third kappa shape index (κ3) is 1.48. The molecule has 2 heterocycles. The Labute approximate surface area is 95.8 Å². The Kier molecular flexibility index (Phi) is 2.16. The molecule has 0 aliphatic carbocycles. The number of hydrogen-bond donors (Lipinski definition) is 2. The van der Waals surface area contributed by atoms with E-state index in [0.29, 0.717) is 5.82 Å². The lowest BCUT2D eigenvalue weighted by Crippen LogP contribution is -2.06. The highest BCUT2D eigenvalue weighted by atomic mass is 32.1. The zero-order chi connectivity index (χ0) is 11.0. The van der Waals surface area contributed by atoms with Gasteiger partial charge in [-0.25, -0.2) is 10.8 Å². The minimum Gasteiger partial charge on any atom is -0.454 e.